The van der Waals surface area contributed by atoms with Crippen LogP contribution >= 0.6 is 0 Å². The first-order valence-electron chi connectivity index (χ1n) is 3.82. The molecule has 0 aliphatic rings. The molecule has 6 nitrogen and oxygen atoms in total. The molecule has 1 aromatic heterocycles. The van der Waals surface area contributed by atoms with Crippen LogP contribution in [-0.4, -0.2) is 28.9 Å². The number of carbonyl (C=O) groups is 1. The average molecular weight is 185 g/mol. The molecule has 0 radical (unpaired) electrons. The van der Waals surface area contributed by atoms with Crippen LogP contribution in [0.15, 0.2) is 16.9 Å². The quantitative estimate of drug-likeness (QED) is 0.626. The summed E-state index contributed by atoms with van der Waals surface area (Å²) in [6.45, 7) is 1.78. The number of amides is 2. The van der Waals surface area contributed by atoms with E-state index in [-0.39, 0.29) is 6.54 Å². The molecular weight excluding hydrogens is 174 g/mol. The number of aliphatic hydroxyl groups excluding tert-OH is 1. The third-order valence-electron chi connectivity index (χ3n) is 1.24. The molecule has 0 aromatic carbocycles. The maximum Gasteiger partial charge on any atom is 0.320 e. The van der Waals surface area contributed by atoms with Crippen LogP contribution in [0.2, 0.25) is 0 Å². The number of anilines is 1. The Hall–Kier alpha value is -1.56. The lowest BCUT2D eigenvalue weighted by atomic mass is 10.4. The lowest BCUT2D eigenvalue weighted by molar-refractivity contribution is 0.190. The number of nitrogens with zero attached hydrogens (tertiary/aromatic N) is 1. The SMILES string of the molecule is CC(O)CNC(=O)Nc1ccon1. The van der Waals surface area contributed by atoms with Crippen molar-refractivity contribution in [1.29, 1.82) is 0 Å². The molecule has 3 N–H and O–H groups in total. The Morgan fingerprint density at radius 1 is 1.85 bits per heavy atom. The maximum absolute atomic E-state index is 11.0. The van der Waals surface area contributed by atoms with Crippen LogP contribution in [-0.2, 0) is 0 Å². The van der Waals surface area contributed by atoms with Gasteiger partial charge in [0.2, 0.25) is 0 Å². The molecule has 0 fully saturated rings. The number of aliphatic hydroxyl groups is 1. The molecule has 1 heterocycles. The Kier molecular flexibility index (Phi) is 3.27. The zero-order valence-electron chi connectivity index (χ0n) is 7.15. The second-order valence-corrected chi connectivity index (χ2v) is 2.57. The van der Waals surface area contributed by atoms with E-state index in [1.165, 1.54) is 12.3 Å². The van der Waals surface area contributed by atoms with E-state index in [1.54, 1.807) is 6.92 Å². The third kappa shape index (κ3) is 3.57. The Bertz CT molecular complexity index is 258. The molecule has 0 aliphatic heterocycles. The monoisotopic (exact) mass is 185 g/mol. The van der Waals surface area contributed by atoms with E-state index >= 15 is 0 Å². The molecule has 0 spiro atoms. The summed E-state index contributed by atoms with van der Waals surface area (Å²) in [5.41, 5.74) is 0. The highest BCUT2D eigenvalue weighted by Gasteiger charge is 2.03. The van der Waals surface area contributed by atoms with Crippen LogP contribution in [0.4, 0.5) is 10.6 Å². The molecular formula is C7H11N3O3. The molecule has 1 aromatic rings. The van der Waals surface area contributed by atoms with Gasteiger partial charge in [-0.3, -0.25) is 5.32 Å². The first-order chi connectivity index (χ1) is 6.18. The van der Waals surface area contributed by atoms with Crippen molar-refractivity contribution in [1.82, 2.24) is 10.5 Å². The van der Waals surface area contributed by atoms with E-state index in [0.29, 0.717) is 5.82 Å². The molecule has 0 aliphatic carbocycles. The van der Waals surface area contributed by atoms with Gasteiger partial charge in [0.25, 0.3) is 0 Å². The van der Waals surface area contributed by atoms with Crippen molar-refractivity contribution in [3.63, 3.8) is 0 Å². The van der Waals surface area contributed by atoms with Crippen molar-refractivity contribution in [2.24, 2.45) is 0 Å². The van der Waals surface area contributed by atoms with Gasteiger partial charge in [0.05, 0.1) is 6.10 Å². The lowest BCUT2D eigenvalue weighted by Gasteiger charge is -2.06. The first-order valence-corrected chi connectivity index (χ1v) is 3.82. The summed E-state index contributed by atoms with van der Waals surface area (Å²) in [4.78, 5) is 11.0. The number of aromatic nitrogens is 1. The molecule has 0 saturated carbocycles. The van der Waals surface area contributed by atoms with Crippen LogP contribution in [0.25, 0.3) is 0 Å². The van der Waals surface area contributed by atoms with E-state index in [9.17, 15) is 4.79 Å². The molecule has 6 heteroatoms. The van der Waals surface area contributed by atoms with E-state index < -0.39 is 12.1 Å². The van der Waals surface area contributed by atoms with Crippen LogP contribution in [0.5, 0.6) is 0 Å². The van der Waals surface area contributed by atoms with Gasteiger partial charge in [-0.1, -0.05) is 5.16 Å². The van der Waals surface area contributed by atoms with Crippen LogP contribution in [0.1, 0.15) is 6.92 Å². The van der Waals surface area contributed by atoms with Gasteiger partial charge in [-0.25, -0.2) is 4.79 Å². The first kappa shape index (κ1) is 9.53. The molecule has 0 saturated heterocycles. The number of carbonyl (C=O) groups excluding carboxylic acids is 1. The van der Waals surface area contributed by atoms with Crippen molar-refractivity contribution < 1.29 is 14.4 Å². The Morgan fingerprint density at radius 3 is 3.15 bits per heavy atom. The second kappa shape index (κ2) is 4.46. The number of nitrogens with one attached hydrogen (secondary N) is 2. The number of urea groups is 1. The van der Waals surface area contributed by atoms with Crippen LogP contribution in [0, 0.1) is 0 Å². The summed E-state index contributed by atoms with van der Waals surface area (Å²) < 4.78 is 4.50. The average Bonchev–Trinajstić information content (AvgIpc) is 2.53. The highest BCUT2D eigenvalue weighted by atomic mass is 16.5. The Balaban J connectivity index is 2.26. The van der Waals surface area contributed by atoms with Gasteiger partial charge in [0.15, 0.2) is 5.82 Å². The van der Waals surface area contributed by atoms with Gasteiger partial charge in [0.1, 0.15) is 6.26 Å². The highest BCUT2D eigenvalue weighted by molar-refractivity contribution is 5.87. The number of rotatable bonds is 3. The largest absolute Gasteiger partial charge is 0.392 e. The van der Waals surface area contributed by atoms with Gasteiger partial charge >= 0.3 is 6.03 Å². The van der Waals surface area contributed by atoms with Crippen molar-refractivity contribution >= 4 is 11.8 Å². The molecule has 72 valence electrons. The fraction of sp³-hybridized carbons (Fsp3) is 0.429. The third-order valence-corrected chi connectivity index (χ3v) is 1.24. The Morgan fingerprint density at radius 2 is 2.62 bits per heavy atom. The minimum atomic E-state index is -0.567. The summed E-state index contributed by atoms with van der Waals surface area (Å²) in [6.07, 6.45) is 0.785. The maximum atomic E-state index is 11.0. The summed E-state index contributed by atoms with van der Waals surface area (Å²) in [5, 5.41) is 17.2. The summed E-state index contributed by atoms with van der Waals surface area (Å²) in [6, 6.07) is 1.09. The predicted octanol–water partition coefficient (Wildman–Crippen LogP) is 0.177. The van der Waals surface area contributed by atoms with E-state index in [2.05, 4.69) is 20.3 Å². The Labute approximate surface area is 74.9 Å². The molecule has 13 heavy (non-hydrogen) atoms. The van der Waals surface area contributed by atoms with Crippen molar-refractivity contribution in [2.45, 2.75) is 13.0 Å². The molecule has 2 amide bonds. The zero-order valence-corrected chi connectivity index (χ0v) is 7.15. The lowest BCUT2D eigenvalue weighted by Crippen LogP contribution is -2.34. The second-order valence-electron chi connectivity index (χ2n) is 2.57. The van der Waals surface area contributed by atoms with Crippen LogP contribution in [0.3, 0.4) is 0 Å². The zero-order chi connectivity index (χ0) is 9.68. The van der Waals surface area contributed by atoms with Gasteiger partial charge in [-0.15, -0.1) is 0 Å². The number of hydrogen-bond acceptors (Lipinski definition) is 4. The fourth-order valence-electron chi connectivity index (χ4n) is 0.678. The van der Waals surface area contributed by atoms with Crippen molar-refractivity contribution in [3.05, 3.63) is 12.3 Å². The normalized spacial score (nSPS) is 12.2. The smallest absolute Gasteiger partial charge is 0.320 e. The van der Waals surface area contributed by atoms with Gasteiger partial charge in [-0.2, -0.15) is 0 Å². The van der Waals surface area contributed by atoms with Crippen molar-refractivity contribution in [2.75, 3.05) is 11.9 Å². The van der Waals surface area contributed by atoms with Crippen molar-refractivity contribution in [3.8, 4) is 0 Å². The van der Waals surface area contributed by atoms with Gasteiger partial charge in [0, 0.05) is 12.6 Å². The summed E-state index contributed by atoms with van der Waals surface area (Å²) in [5.74, 6) is 0.336. The van der Waals surface area contributed by atoms with E-state index in [0.717, 1.165) is 0 Å². The molecule has 0 bridgehead atoms. The minimum Gasteiger partial charge on any atom is -0.392 e. The highest BCUT2D eigenvalue weighted by Crippen LogP contribution is 1.99. The molecule has 1 unspecified atom stereocenters. The summed E-state index contributed by atoms with van der Waals surface area (Å²) in [7, 11) is 0. The summed E-state index contributed by atoms with van der Waals surface area (Å²) >= 11 is 0. The van der Waals surface area contributed by atoms with E-state index in [1.807, 2.05) is 0 Å². The van der Waals surface area contributed by atoms with Gasteiger partial charge in [-0.05, 0) is 6.92 Å². The predicted molar refractivity (Wildman–Crippen MR) is 45.2 cm³/mol. The van der Waals surface area contributed by atoms with Crippen LogP contribution < -0.4 is 10.6 Å². The molecule has 1 rings (SSSR count). The molecule has 1 atom stereocenters. The standard InChI is InChI=1S/C7H11N3O3/c1-5(11)4-8-7(12)9-6-2-3-13-10-6/h2-3,5,11H,4H2,1H3,(H2,8,9,10,12). The minimum absolute atomic E-state index is 0.198. The van der Waals surface area contributed by atoms with Gasteiger partial charge < -0.3 is 14.9 Å². The van der Waals surface area contributed by atoms with E-state index in [4.69, 9.17) is 5.11 Å². The fourth-order valence-corrected chi connectivity index (χ4v) is 0.678. The number of hydrogen-bond donors (Lipinski definition) is 3. The topological polar surface area (TPSA) is 87.4 Å².